The van der Waals surface area contributed by atoms with Gasteiger partial charge in [0.05, 0.1) is 11.4 Å². The van der Waals surface area contributed by atoms with Crippen LogP contribution in [-0.4, -0.2) is 16.4 Å². The largest absolute Gasteiger partial charge is 0.299 e. The summed E-state index contributed by atoms with van der Waals surface area (Å²) in [4.78, 5) is 4.13. The molecule has 0 saturated carbocycles. The van der Waals surface area contributed by atoms with Gasteiger partial charge in [-0.1, -0.05) is 109 Å². The maximum absolute atomic E-state index is 8.68. The van der Waals surface area contributed by atoms with Crippen LogP contribution in [0.1, 0.15) is 5.56 Å². The number of fused-ring (bicyclic) bond motifs is 3. The predicted octanol–water partition coefficient (Wildman–Crippen LogP) is 10.3. The summed E-state index contributed by atoms with van der Waals surface area (Å²) >= 11 is 0. The van der Waals surface area contributed by atoms with Crippen molar-refractivity contribution in [1.82, 2.24) is 4.98 Å². The van der Waals surface area contributed by atoms with Crippen molar-refractivity contribution < 1.29 is 0 Å². The highest BCUT2D eigenvalue weighted by molar-refractivity contribution is 6.52. The van der Waals surface area contributed by atoms with Crippen molar-refractivity contribution in [3.63, 3.8) is 0 Å². The van der Waals surface area contributed by atoms with Crippen molar-refractivity contribution in [2.24, 2.45) is 5.10 Å². The first-order chi connectivity index (χ1) is 22.2. The highest BCUT2D eigenvalue weighted by Crippen LogP contribution is 2.44. The minimum atomic E-state index is 0.359. The van der Waals surface area contributed by atoms with Crippen LogP contribution < -0.4 is 5.43 Å². The number of hydrazone groups is 1. The normalized spacial score (nSPS) is 13.9. The number of nitrogens with zero attached hydrogens (tertiary/aromatic N) is 2. The van der Waals surface area contributed by atoms with Crippen LogP contribution in [0.5, 0.6) is 0 Å². The van der Waals surface area contributed by atoms with Crippen molar-refractivity contribution in [2.45, 2.75) is 0 Å². The topological polar surface area (TPSA) is 61.1 Å². The Labute approximate surface area is 261 Å². The van der Waals surface area contributed by atoms with Gasteiger partial charge in [-0.3, -0.25) is 15.8 Å². The maximum Gasteiger partial charge on any atom is 0.109 e. The zero-order valence-corrected chi connectivity index (χ0v) is 24.4. The molecule has 0 saturated heterocycles. The van der Waals surface area contributed by atoms with E-state index < -0.39 is 0 Å². The Bertz CT molecular complexity index is 2300. The zero-order chi connectivity index (χ0) is 30.2. The van der Waals surface area contributed by atoms with E-state index in [2.05, 4.69) is 114 Å². The van der Waals surface area contributed by atoms with Crippen LogP contribution in [0.3, 0.4) is 0 Å². The van der Waals surface area contributed by atoms with Gasteiger partial charge in [0.25, 0.3) is 0 Å². The van der Waals surface area contributed by atoms with Crippen LogP contribution in [0.4, 0.5) is 5.69 Å². The van der Waals surface area contributed by atoms with Crippen molar-refractivity contribution in [3.8, 4) is 22.3 Å². The van der Waals surface area contributed by atoms with Crippen LogP contribution in [0, 0.1) is 5.41 Å². The number of hydrogen-bond donors (Lipinski definition) is 2. The van der Waals surface area contributed by atoms with Gasteiger partial charge >= 0.3 is 0 Å². The maximum atomic E-state index is 8.68. The molecule has 0 amide bonds. The predicted molar refractivity (Wildman–Crippen MR) is 190 cm³/mol. The van der Waals surface area contributed by atoms with Gasteiger partial charge in [-0.25, -0.2) is 0 Å². The lowest BCUT2D eigenvalue weighted by molar-refractivity contribution is 1.32. The minimum Gasteiger partial charge on any atom is -0.299 e. The first-order valence-electron chi connectivity index (χ1n) is 15.0. The number of rotatable bonds is 5. The molecule has 8 rings (SSSR count). The summed E-state index contributed by atoms with van der Waals surface area (Å²) in [5, 5.41) is 20.6. The van der Waals surface area contributed by atoms with Gasteiger partial charge in [-0.15, -0.1) is 0 Å². The van der Waals surface area contributed by atoms with Gasteiger partial charge < -0.3 is 0 Å². The first kappa shape index (κ1) is 26.5. The van der Waals surface area contributed by atoms with Crippen LogP contribution in [-0.2, 0) is 0 Å². The van der Waals surface area contributed by atoms with Crippen LogP contribution in [0.25, 0.3) is 60.1 Å². The zero-order valence-electron chi connectivity index (χ0n) is 24.4. The molecule has 0 fully saturated rings. The molecule has 0 atom stereocenters. The number of aromatic nitrogens is 1. The molecule has 0 unspecified atom stereocenters. The van der Waals surface area contributed by atoms with Crippen LogP contribution in [0.2, 0.25) is 0 Å². The third-order valence-electron chi connectivity index (χ3n) is 8.46. The van der Waals surface area contributed by atoms with Gasteiger partial charge in [-0.2, -0.15) is 5.10 Å². The summed E-state index contributed by atoms with van der Waals surface area (Å²) < 4.78 is 0. The molecule has 6 aromatic carbocycles. The molecule has 0 radical (unpaired) electrons. The smallest absolute Gasteiger partial charge is 0.109 e. The Hall–Kier alpha value is -6.13. The van der Waals surface area contributed by atoms with E-state index in [0.29, 0.717) is 11.4 Å². The Morgan fingerprint density at radius 3 is 1.91 bits per heavy atom. The fourth-order valence-electron chi connectivity index (χ4n) is 6.39. The van der Waals surface area contributed by atoms with E-state index in [1.165, 1.54) is 43.4 Å². The summed E-state index contributed by atoms with van der Waals surface area (Å²) in [6.07, 6.45) is 9.48. The molecule has 7 aromatic rings. The highest BCUT2D eigenvalue weighted by atomic mass is 15.3. The average molecular weight is 577 g/mol. The Kier molecular flexibility index (Phi) is 6.58. The first-order valence-corrected chi connectivity index (χ1v) is 15.0. The molecule has 0 bridgehead atoms. The summed E-state index contributed by atoms with van der Waals surface area (Å²) in [6.45, 7) is 0. The standard InChI is InChI=1S/C41H28N4/c42-38-20-19-30(26-39(38)45-44-31-12-7-11-29(25-31)27-21-23-43-24-22-27)40-34-14-3-5-16-36(34)41(37-17-6-4-15-35(37)40)33-18-8-10-28-9-1-2-13-32(28)33/h1-26,42,44H/b42-38?,45-39-. The summed E-state index contributed by atoms with van der Waals surface area (Å²) in [5.74, 6) is 0. The second-order valence-electron chi connectivity index (χ2n) is 11.1. The molecule has 1 aliphatic carbocycles. The van der Waals surface area contributed by atoms with E-state index in [1.807, 2.05) is 42.5 Å². The minimum absolute atomic E-state index is 0.359. The monoisotopic (exact) mass is 576 g/mol. The quantitative estimate of drug-likeness (QED) is 0.122. The SMILES string of the molecule is N=C1C=CC(c2c3ccccc3c(-c3cccc4ccccc34)c3ccccc23)=C/C1=N/Nc1cccc(-c2ccncc2)c1. The average Bonchev–Trinajstić information content (AvgIpc) is 3.11. The summed E-state index contributed by atoms with van der Waals surface area (Å²) in [6, 6.07) is 44.5. The molecule has 0 spiro atoms. The second-order valence-corrected chi connectivity index (χ2v) is 11.1. The molecular formula is C41H28N4. The molecule has 4 nitrogen and oxygen atoms in total. The Balaban J connectivity index is 1.27. The van der Waals surface area contributed by atoms with E-state index in [0.717, 1.165) is 28.0 Å². The number of nitrogens with one attached hydrogen (secondary N) is 2. The lowest BCUT2D eigenvalue weighted by atomic mass is 9.83. The summed E-state index contributed by atoms with van der Waals surface area (Å²) in [5.41, 5.74) is 11.8. The third kappa shape index (κ3) is 4.79. The van der Waals surface area contributed by atoms with Crippen molar-refractivity contribution in [3.05, 3.63) is 164 Å². The van der Waals surface area contributed by atoms with E-state index in [9.17, 15) is 0 Å². The number of anilines is 1. The van der Waals surface area contributed by atoms with Gasteiger partial charge in [0.15, 0.2) is 0 Å². The van der Waals surface area contributed by atoms with Gasteiger partial charge in [0.1, 0.15) is 5.71 Å². The third-order valence-corrected chi connectivity index (χ3v) is 8.46. The molecule has 1 aliphatic rings. The van der Waals surface area contributed by atoms with Gasteiger partial charge in [0, 0.05) is 12.4 Å². The molecule has 2 N–H and O–H groups in total. The number of hydrogen-bond acceptors (Lipinski definition) is 4. The van der Waals surface area contributed by atoms with Crippen molar-refractivity contribution >= 4 is 55.0 Å². The van der Waals surface area contributed by atoms with E-state index in [4.69, 9.17) is 10.5 Å². The molecular weight excluding hydrogens is 548 g/mol. The van der Waals surface area contributed by atoms with E-state index >= 15 is 0 Å². The molecule has 212 valence electrons. The fourth-order valence-corrected chi connectivity index (χ4v) is 6.39. The summed E-state index contributed by atoms with van der Waals surface area (Å²) in [7, 11) is 0. The molecule has 1 heterocycles. The molecule has 0 aliphatic heterocycles. The van der Waals surface area contributed by atoms with Crippen LogP contribution >= 0.6 is 0 Å². The molecule has 4 heteroatoms. The lowest BCUT2D eigenvalue weighted by Crippen LogP contribution is -2.14. The number of benzene rings is 6. The van der Waals surface area contributed by atoms with Crippen LogP contribution in [0.15, 0.2) is 163 Å². The van der Waals surface area contributed by atoms with E-state index in [1.54, 1.807) is 12.4 Å². The van der Waals surface area contributed by atoms with Crippen molar-refractivity contribution in [2.75, 3.05) is 5.43 Å². The van der Waals surface area contributed by atoms with Crippen molar-refractivity contribution in [1.29, 1.82) is 5.41 Å². The second kappa shape index (κ2) is 11.2. The highest BCUT2D eigenvalue weighted by Gasteiger charge is 2.20. The Morgan fingerprint density at radius 2 is 1.18 bits per heavy atom. The number of pyridine rings is 1. The molecule has 45 heavy (non-hydrogen) atoms. The molecule has 1 aromatic heterocycles. The van der Waals surface area contributed by atoms with Gasteiger partial charge in [-0.05, 0) is 102 Å². The Morgan fingerprint density at radius 1 is 0.556 bits per heavy atom. The fraction of sp³-hybridized carbons (Fsp3) is 0. The number of allylic oxidation sites excluding steroid dienone is 4. The van der Waals surface area contributed by atoms with Gasteiger partial charge in [0.2, 0.25) is 0 Å². The lowest BCUT2D eigenvalue weighted by Gasteiger charge is -2.20. The van der Waals surface area contributed by atoms with E-state index in [-0.39, 0.29) is 0 Å².